The van der Waals surface area contributed by atoms with Gasteiger partial charge in [0.15, 0.2) is 0 Å². The monoisotopic (exact) mass is 287 g/mol. The minimum absolute atomic E-state index is 0.302. The maximum atomic E-state index is 13.5. The number of aromatic nitrogens is 1. The molecule has 0 aliphatic carbocycles. The predicted molar refractivity (Wildman–Crippen MR) is 85.3 cm³/mol. The molecule has 2 aromatic rings. The first kappa shape index (κ1) is 15.4. The van der Waals surface area contributed by atoms with Gasteiger partial charge < -0.3 is 10.2 Å². The molecule has 0 bridgehead atoms. The van der Waals surface area contributed by atoms with Crippen molar-refractivity contribution in [2.24, 2.45) is 0 Å². The van der Waals surface area contributed by atoms with Gasteiger partial charge in [-0.2, -0.15) is 0 Å². The number of halogens is 1. The van der Waals surface area contributed by atoms with Gasteiger partial charge in [-0.05, 0) is 25.1 Å². The number of para-hydroxylation sites is 1. The van der Waals surface area contributed by atoms with Crippen molar-refractivity contribution in [2.45, 2.75) is 33.4 Å². The van der Waals surface area contributed by atoms with E-state index in [0.29, 0.717) is 12.6 Å². The summed E-state index contributed by atoms with van der Waals surface area (Å²) >= 11 is 0. The maximum Gasteiger partial charge on any atom is 0.141 e. The lowest BCUT2D eigenvalue weighted by Crippen LogP contribution is -2.25. The Hall–Kier alpha value is -1.94. The highest BCUT2D eigenvalue weighted by Crippen LogP contribution is 2.26. The molecule has 0 radical (unpaired) electrons. The Balaban J connectivity index is 2.36. The van der Waals surface area contributed by atoms with Crippen molar-refractivity contribution in [3.8, 4) is 0 Å². The van der Waals surface area contributed by atoms with E-state index in [0.717, 1.165) is 23.6 Å². The quantitative estimate of drug-likeness (QED) is 0.874. The Morgan fingerprint density at radius 3 is 2.57 bits per heavy atom. The molecule has 2 rings (SSSR count). The molecular weight excluding hydrogens is 265 g/mol. The maximum absolute atomic E-state index is 13.5. The minimum Gasteiger partial charge on any atom is -0.326 e. The standard InChI is InChI=1S/C17H22FN3/c1-4-21(16-8-6-5-7-9-16)17-14(11-19-13(2)3)10-15(18)12-20-17/h5-10,12-13,19H,4,11H2,1-3H3. The first-order chi connectivity index (χ1) is 10.1. The highest BCUT2D eigenvalue weighted by Gasteiger charge is 2.14. The summed E-state index contributed by atoms with van der Waals surface area (Å²) in [4.78, 5) is 6.41. The smallest absolute Gasteiger partial charge is 0.141 e. The lowest BCUT2D eigenvalue weighted by Gasteiger charge is -2.25. The summed E-state index contributed by atoms with van der Waals surface area (Å²) in [7, 11) is 0. The zero-order valence-electron chi connectivity index (χ0n) is 12.8. The molecule has 0 spiro atoms. The molecule has 0 aliphatic rings. The topological polar surface area (TPSA) is 28.2 Å². The van der Waals surface area contributed by atoms with Crippen LogP contribution in [0, 0.1) is 5.82 Å². The molecule has 0 saturated carbocycles. The van der Waals surface area contributed by atoms with Gasteiger partial charge in [0.1, 0.15) is 11.6 Å². The molecule has 0 saturated heterocycles. The van der Waals surface area contributed by atoms with E-state index in [9.17, 15) is 4.39 Å². The molecule has 0 aliphatic heterocycles. The number of hydrogen-bond donors (Lipinski definition) is 1. The molecule has 21 heavy (non-hydrogen) atoms. The van der Waals surface area contributed by atoms with E-state index < -0.39 is 0 Å². The molecule has 1 heterocycles. The summed E-state index contributed by atoms with van der Waals surface area (Å²) in [6, 6.07) is 11.9. The average molecular weight is 287 g/mol. The first-order valence-corrected chi connectivity index (χ1v) is 7.32. The van der Waals surface area contributed by atoms with Gasteiger partial charge in [0, 0.05) is 30.4 Å². The molecular formula is C17H22FN3. The molecule has 0 atom stereocenters. The molecule has 112 valence electrons. The fourth-order valence-electron chi connectivity index (χ4n) is 2.22. The van der Waals surface area contributed by atoms with Crippen molar-refractivity contribution < 1.29 is 4.39 Å². The zero-order chi connectivity index (χ0) is 15.2. The minimum atomic E-state index is -0.302. The summed E-state index contributed by atoms with van der Waals surface area (Å²) in [5.74, 6) is 0.502. The van der Waals surface area contributed by atoms with Crippen LogP contribution in [0.4, 0.5) is 15.9 Å². The Bertz CT molecular complexity index is 570. The van der Waals surface area contributed by atoms with E-state index in [1.807, 2.05) is 30.3 Å². The van der Waals surface area contributed by atoms with Crippen LogP contribution in [-0.4, -0.2) is 17.6 Å². The van der Waals surface area contributed by atoms with E-state index >= 15 is 0 Å². The van der Waals surface area contributed by atoms with E-state index in [-0.39, 0.29) is 5.82 Å². The Kier molecular flexibility index (Phi) is 5.28. The third-order valence-electron chi connectivity index (χ3n) is 3.25. The number of benzene rings is 1. The second-order valence-corrected chi connectivity index (χ2v) is 5.25. The van der Waals surface area contributed by atoms with Crippen LogP contribution in [0.2, 0.25) is 0 Å². The van der Waals surface area contributed by atoms with E-state index in [1.165, 1.54) is 6.20 Å². The van der Waals surface area contributed by atoms with Gasteiger partial charge in [0.25, 0.3) is 0 Å². The van der Waals surface area contributed by atoms with Gasteiger partial charge in [-0.25, -0.2) is 9.37 Å². The fourth-order valence-corrected chi connectivity index (χ4v) is 2.22. The molecule has 1 aromatic carbocycles. The number of nitrogens with one attached hydrogen (secondary N) is 1. The van der Waals surface area contributed by atoms with Crippen LogP contribution in [0.5, 0.6) is 0 Å². The van der Waals surface area contributed by atoms with Crippen LogP contribution >= 0.6 is 0 Å². The van der Waals surface area contributed by atoms with Crippen LogP contribution in [0.15, 0.2) is 42.6 Å². The lowest BCUT2D eigenvalue weighted by atomic mass is 10.2. The fraction of sp³-hybridized carbons (Fsp3) is 0.353. The normalized spacial score (nSPS) is 10.9. The molecule has 0 amide bonds. The highest BCUT2D eigenvalue weighted by atomic mass is 19.1. The van der Waals surface area contributed by atoms with Gasteiger partial charge in [0.2, 0.25) is 0 Å². The summed E-state index contributed by atoms with van der Waals surface area (Å²) in [6.45, 7) is 7.58. The van der Waals surface area contributed by atoms with Gasteiger partial charge in [0.05, 0.1) is 6.20 Å². The molecule has 4 heteroatoms. The summed E-state index contributed by atoms with van der Waals surface area (Å²) < 4.78 is 13.5. The van der Waals surface area contributed by atoms with Gasteiger partial charge >= 0.3 is 0 Å². The summed E-state index contributed by atoms with van der Waals surface area (Å²) in [5, 5.41) is 3.33. The van der Waals surface area contributed by atoms with Crippen molar-refractivity contribution in [1.82, 2.24) is 10.3 Å². The molecule has 1 N–H and O–H groups in total. The van der Waals surface area contributed by atoms with Gasteiger partial charge in [-0.3, -0.25) is 0 Å². The van der Waals surface area contributed by atoms with Crippen LogP contribution in [0.1, 0.15) is 26.3 Å². The lowest BCUT2D eigenvalue weighted by molar-refractivity contribution is 0.578. The Morgan fingerprint density at radius 2 is 1.95 bits per heavy atom. The van der Waals surface area contributed by atoms with Gasteiger partial charge in [-0.15, -0.1) is 0 Å². The largest absolute Gasteiger partial charge is 0.326 e. The van der Waals surface area contributed by atoms with Crippen molar-refractivity contribution >= 4 is 11.5 Å². The Labute approximate surface area is 125 Å². The molecule has 1 aromatic heterocycles. The SMILES string of the molecule is CCN(c1ccccc1)c1ncc(F)cc1CNC(C)C. The van der Waals surface area contributed by atoms with Crippen molar-refractivity contribution in [2.75, 3.05) is 11.4 Å². The number of hydrogen-bond acceptors (Lipinski definition) is 3. The van der Waals surface area contributed by atoms with Crippen LogP contribution < -0.4 is 10.2 Å². The van der Waals surface area contributed by atoms with E-state index in [1.54, 1.807) is 6.07 Å². The molecule has 0 fully saturated rings. The second kappa shape index (κ2) is 7.18. The summed E-state index contributed by atoms with van der Waals surface area (Å²) in [5.41, 5.74) is 1.93. The summed E-state index contributed by atoms with van der Waals surface area (Å²) in [6.07, 6.45) is 1.28. The van der Waals surface area contributed by atoms with Crippen LogP contribution in [0.25, 0.3) is 0 Å². The number of rotatable bonds is 6. The van der Waals surface area contributed by atoms with Crippen LogP contribution in [0.3, 0.4) is 0 Å². The van der Waals surface area contributed by atoms with E-state index in [4.69, 9.17) is 0 Å². The predicted octanol–water partition coefficient (Wildman–Crippen LogP) is 3.88. The Morgan fingerprint density at radius 1 is 1.24 bits per heavy atom. The van der Waals surface area contributed by atoms with Crippen molar-refractivity contribution in [3.63, 3.8) is 0 Å². The van der Waals surface area contributed by atoms with Crippen molar-refractivity contribution in [3.05, 3.63) is 54.0 Å². The number of nitrogens with zero attached hydrogens (tertiary/aromatic N) is 2. The number of pyridine rings is 1. The molecule has 3 nitrogen and oxygen atoms in total. The third kappa shape index (κ3) is 4.02. The van der Waals surface area contributed by atoms with Crippen LogP contribution in [-0.2, 0) is 6.54 Å². The van der Waals surface area contributed by atoms with Crippen molar-refractivity contribution in [1.29, 1.82) is 0 Å². The second-order valence-electron chi connectivity index (χ2n) is 5.25. The van der Waals surface area contributed by atoms with Gasteiger partial charge in [-0.1, -0.05) is 32.0 Å². The highest BCUT2D eigenvalue weighted by molar-refractivity contribution is 5.62. The zero-order valence-corrected chi connectivity index (χ0v) is 12.8. The molecule has 0 unspecified atom stereocenters. The third-order valence-corrected chi connectivity index (χ3v) is 3.25. The average Bonchev–Trinajstić information content (AvgIpc) is 2.48. The first-order valence-electron chi connectivity index (χ1n) is 7.32. The number of anilines is 2. The van der Waals surface area contributed by atoms with E-state index in [2.05, 4.69) is 36.0 Å².